The van der Waals surface area contributed by atoms with Gasteiger partial charge in [0.2, 0.25) is 5.91 Å². The molecule has 0 unspecified atom stereocenters. The number of amides is 1. The van der Waals surface area contributed by atoms with E-state index < -0.39 is 12.7 Å². The van der Waals surface area contributed by atoms with Gasteiger partial charge in [-0.1, -0.05) is 19.1 Å². The maximum atomic E-state index is 12.0. The fraction of sp³-hybridized carbons (Fsp3) is 0.462. The van der Waals surface area contributed by atoms with Crippen molar-refractivity contribution >= 4 is 5.91 Å². The summed E-state index contributed by atoms with van der Waals surface area (Å²) in [7, 11) is 1.65. The van der Waals surface area contributed by atoms with Crippen LogP contribution in [0.2, 0.25) is 0 Å². The van der Waals surface area contributed by atoms with Crippen molar-refractivity contribution in [3.05, 3.63) is 29.8 Å². The molecule has 0 aliphatic rings. The third-order valence-electron chi connectivity index (χ3n) is 2.70. The molecule has 0 spiro atoms. The molecule has 1 rings (SSSR count). The summed E-state index contributed by atoms with van der Waals surface area (Å²) in [6.45, 7) is -0.619. The Labute approximate surface area is 111 Å². The van der Waals surface area contributed by atoms with E-state index in [1.54, 1.807) is 19.2 Å². The van der Waals surface area contributed by atoms with Crippen molar-refractivity contribution in [2.75, 3.05) is 7.05 Å². The van der Waals surface area contributed by atoms with Crippen LogP contribution in [0.15, 0.2) is 24.3 Å². The SMILES string of the molecule is CC[C@H](N)C(=O)N(C)Cc1ccc(OC(F)F)cc1. The molecule has 0 aromatic heterocycles. The van der Waals surface area contributed by atoms with Crippen molar-refractivity contribution in [2.24, 2.45) is 5.73 Å². The summed E-state index contributed by atoms with van der Waals surface area (Å²) in [4.78, 5) is 13.3. The van der Waals surface area contributed by atoms with E-state index >= 15 is 0 Å². The molecule has 0 heterocycles. The molecule has 0 saturated heterocycles. The molecule has 0 fully saturated rings. The molecular weight excluding hydrogens is 254 g/mol. The number of nitrogens with two attached hydrogens (primary N) is 1. The van der Waals surface area contributed by atoms with Crippen LogP contribution in [-0.2, 0) is 11.3 Å². The van der Waals surface area contributed by atoms with Crippen LogP contribution in [0.4, 0.5) is 8.78 Å². The smallest absolute Gasteiger partial charge is 0.387 e. The van der Waals surface area contributed by atoms with Crippen molar-refractivity contribution in [1.29, 1.82) is 0 Å². The van der Waals surface area contributed by atoms with Crippen molar-refractivity contribution in [3.8, 4) is 5.75 Å². The van der Waals surface area contributed by atoms with Gasteiger partial charge in [-0.2, -0.15) is 8.78 Å². The van der Waals surface area contributed by atoms with Crippen LogP contribution in [0.3, 0.4) is 0 Å². The average molecular weight is 272 g/mol. The standard InChI is InChI=1S/C13H18F2N2O2/c1-3-11(16)12(18)17(2)8-9-4-6-10(7-5-9)19-13(14)15/h4-7,11,13H,3,8,16H2,1-2H3/t11-/m0/s1. The molecule has 1 amide bonds. The van der Waals surface area contributed by atoms with Crippen molar-refractivity contribution in [1.82, 2.24) is 4.90 Å². The predicted molar refractivity (Wildman–Crippen MR) is 67.8 cm³/mol. The van der Waals surface area contributed by atoms with Gasteiger partial charge < -0.3 is 15.4 Å². The van der Waals surface area contributed by atoms with Crippen LogP contribution >= 0.6 is 0 Å². The van der Waals surface area contributed by atoms with E-state index in [1.165, 1.54) is 17.0 Å². The molecular formula is C13H18F2N2O2. The Bertz CT molecular complexity index is 410. The summed E-state index contributed by atoms with van der Waals surface area (Å²) in [5.74, 6) is -0.0478. The van der Waals surface area contributed by atoms with Gasteiger partial charge in [-0.25, -0.2) is 0 Å². The molecule has 2 N–H and O–H groups in total. The zero-order valence-corrected chi connectivity index (χ0v) is 11.0. The Morgan fingerprint density at radius 1 is 1.37 bits per heavy atom. The second-order valence-electron chi connectivity index (χ2n) is 4.23. The number of hydrogen-bond acceptors (Lipinski definition) is 3. The quantitative estimate of drug-likeness (QED) is 0.861. The van der Waals surface area contributed by atoms with Gasteiger partial charge in [0.15, 0.2) is 0 Å². The van der Waals surface area contributed by atoms with Crippen LogP contribution in [-0.4, -0.2) is 30.5 Å². The summed E-state index contributed by atoms with van der Waals surface area (Å²) in [6.07, 6.45) is 0.574. The lowest BCUT2D eigenvalue weighted by molar-refractivity contribution is -0.131. The Balaban J connectivity index is 2.60. The minimum absolute atomic E-state index is 0.0954. The number of carbonyl (C=O) groups excluding carboxylic acids is 1. The first-order valence-corrected chi connectivity index (χ1v) is 5.98. The molecule has 0 bridgehead atoms. The first-order valence-electron chi connectivity index (χ1n) is 5.98. The lowest BCUT2D eigenvalue weighted by Crippen LogP contribution is -2.40. The predicted octanol–water partition coefficient (Wildman–Crippen LogP) is 1.98. The molecule has 1 atom stereocenters. The Morgan fingerprint density at radius 2 is 1.95 bits per heavy atom. The van der Waals surface area contributed by atoms with E-state index in [0.29, 0.717) is 13.0 Å². The van der Waals surface area contributed by atoms with Crippen LogP contribution in [0, 0.1) is 0 Å². The maximum absolute atomic E-state index is 12.0. The fourth-order valence-electron chi connectivity index (χ4n) is 1.59. The van der Waals surface area contributed by atoms with E-state index in [2.05, 4.69) is 4.74 Å². The molecule has 0 aliphatic heterocycles. The molecule has 1 aromatic carbocycles. The Morgan fingerprint density at radius 3 is 2.42 bits per heavy atom. The third-order valence-corrected chi connectivity index (χ3v) is 2.70. The van der Waals surface area contributed by atoms with Gasteiger partial charge in [-0.15, -0.1) is 0 Å². The first kappa shape index (κ1) is 15.4. The Hall–Kier alpha value is -1.69. The van der Waals surface area contributed by atoms with Crippen molar-refractivity contribution in [3.63, 3.8) is 0 Å². The van der Waals surface area contributed by atoms with Crippen LogP contribution in [0.1, 0.15) is 18.9 Å². The second-order valence-corrected chi connectivity index (χ2v) is 4.23. The number of ether oxygens (including phenoxy) is 1. The zero-order chi connectivity index (χ0) is 14.4. The number of alkyl halides is 2. The molecule has 1 aromatic rings. The summed E-state index contributed by atoms with van der Waals surface area (Å²) in [6, 6.07) is 5.66. The molecule has 106 valence electrons. The van der Waals surface area contributed by atoms with Crippen molar-refractivity contribution in [2.45, 2.75) is 32.5 Å². The zero-order valence-electron chi connectivity index (χ0n) is 11.0. The summed E-state index contributed by atoms with van der Waals surface area (Å²) >= 11 is 0. The highest BCUT2D eigenvalue weighted by Crippen LogP contribution is 2.15. The molecule has 4 nitrogen and oxygen atoms in total. The van der Waals surface area contributed by atoms with Gasteiger partial charge in [0.1, 0.15) is 5.75 Å². The van der Waals surface area contributed by atoms with Crippen LogP contribution < -0.4 is 10.5 Å². The van der Waals surface area contributed by atoms with Gasteiger partial charge in [-0.05, 0) is 24.1 Å². The van der Waals surface area contributed by atoms with Crippen LogP contribution in [0.25, 0.3) is 0 Å². The molecule has 19 heavy (non-hydrogen) atoms. The number of benzene rings is 1. The average Bonchev–Trinajstić information content (AvgIpc) is 2.38. The summed E-state index contributed by atoms with van der Waals surface area (Å²) < 4.78 is 28.2. The maximum Gasteiger partial charge on any atom is 0.387 e. The largest absolute Gasteiger partial charge is 0.435 e. The number of rotatable bonds is 6. The second kappa shape index (κ2) is 7.04. The minimum Gasteiger partial charge on any atom is -0.435 e. The monoisotopic (exact) mass is 272 g/mol. The molecule has 0 saturated carbocycles. The van der Waals surface area contributed by atoms with E-state index in [9.17, 15) is 13.6 Å². The molecule has 0 aliphatic carbocycles. The number of halogens is 2. The van der Waals surface area contributed by atoms with Crippen LogP contribution in [0.5, 0.6) is 5.75 Å². The summed E-state index contributed by atoms with van der Waals surface area (Å²) in [5, 5.41) is 0. The van der Waals surface area contributed by atoms with Gasteiger partial charge in [0.25, 0.3) is 0 Å². The van der Waals surface area contributed by atoms with Gasteiger partial charge in [0.05, 0.1) is 6.04 Å². The highest BCUT2D eigenvalue weighted by molar-refractivity contribution is 5.81. The van der Waals surface area contributed by atoms with E-state index in [4.69, 9.17) is 5.73 Å². The highest BCUT2D eigenvalue weighted by atomic mass is 19.3. The normalized spacial score (nSPS) is 12.3. The topological polar surface area (TPSA) is 55.6 Å². The Kier molecular flexibility index (Phi) is 5.69. The third kappa shape index (κ3) is 4.82. The van der Waals surface area contributed by atoms with Gasteiger partial charge in [0, 0.05) is 13.6 Å². The summed E-state index contributed by atoms with van der Waals surface area (Å²) in [5.41, 5.74) is 6.48. The fourth-order valence-corrected chi connectivity index (χ4v) is 1.59. The highest BCUT2D eigenvalue weighted by Gasteiger charge is 2.16. The number of likely N-dealkylation sites (N-methyl/N-ethyl adjacent to an activating group) is 1. The lowest BCUT2D eigenvalue weighted by atomic mass is 10.1. The van der Waals surface area contributed by atoms with E-state index in [-0.39, 0.29) is 11.7 Å². The first-order chi connectivity index (χ1) is 8.93. The number of nitrogens with zero attached hydrogens (tertiary/aromatic N) is 1. The van der Waals surface area contributed by atoms with E-state index in [1.807, 2.05) is 6.92 Å². The number of carbonyl (C=O) groups is 1. The van der Waals surface area contributed by atoms with E-state index in [0.717, 1.165) is 5.56 Å². The molecule has 0 radical (unpaired) electrons. The van der Waals surface area contributed by atoms with Crippen molar-refractivity contribution < 1.29 is 18.3 Å². The van der Waals surface area contributed by atoms with Gasteiger partial charge in [-0.3, -0.25) is 4.79 Å². The van der Waals surface area contributed by atoms with Gasteiger partial charge >= 0.3 is 6.61 Å². The number of hydrogen-bond donors (Lipinski definition) is 1. The minimum atomic E-state index is -2.84. The lowest BCUT2D eigenvalue weighted by Gasteiger charge is -2.20. The molecule has 6 heteroatoms.